The summed E-state index contributed by atoms with van der Waals surface area (Å²) in [4.78, 5) is 25.1. The van der Waals surface area contributed by atoms with Gasteiger partial charge in [0.15, 0.2) is 0 Å². The van der Waals surface area contributed by atoms with E-state index in [1.807, 2.05) is 0 Å². The average Bonchev–Trinajstić information content (AvgIpc) is 2.46. The Labute approximate surface area is 117 Å². The van der Waals surface area contributed by atoms with Crippen molar-refractivity contribution in [2.24, 2.45) is 5.73 Å². The van der Waals surface area contributed by atoms with Gasteiger partial charge in [-0.25, -0.2) is 4.79 Å². The lowest BCUT2D eigenvalue weighted by atomic mass is 9.89. The number of para-hydroxylation sites is 1. The summed E-state index contributed by atoms with van der Waals surface area (Å²) in [6, 6.07) is 6.38. The van der Waals surface area contributed by atoms with Crippen molar-refractivity contribution in [3.63, 3.8) is 0 Å². The lowest BCUT2D eigenvalue weighted by molar-refractivity contribution is -0.126. The minimum absolute atomic E-state index is 0.0824. The number of hydrogen-bond donors (Lipinski definition) is 2. The number of hydrogen-bond acceptors (Lipinski definition) is 4. The summed E-state index contributed by atoms with van der Waals surface area (Å²) in [7, 11) is 1.55. The largest absolute Gasteiger partial charge is 0.478 e. The summed E-state index contributed by atoms with van der Waals surface area (Å²) >= 11 is 0. The van der Waals surface area contributed by atoms with E-state index < -0.39 is 11.5 Å². The van der Waals surface area contributed by atoms with Crippen molar-refractivity contribution in [1.82, 2.24) is 0 Å². The summed E-state index contributed by atoms with van der Waals surface area (Å²) in [5.74, 6) is -1.35. The van der Waals surface area contributed by atoms with Gasteiger partial charge in [-0.3, -0.25) is 4.79 Å². The average molecular weight is 278 g/mol. The molecule has 1 aliphatic rings. The molecule has 3 N–H and O–H groups in total. The normalized spacial score (nSPS) is 17.5. The van der Waals surface area contributed by atoms with Crippen molar-refractivity contribution in [3.8, 4) is 0 Å². The van der Waals surface area contributed by atoms with Crippen LogP contribution >= 0.6 is 0 Å². The van der Waals surface area contributed by atoms with E-state index in [-0.39, 0.29) is 11.5 Å². The summed E-state index contributed by atoms with van der Waals surface area (Å²) in [6.07, 6.45) is 0.872. The molecule has 6 nitrogen and oxygen atoms in total. The highest BCUT2D eigenvalue weighted by Crippen LogP contribution is 2.25. The number of carboxylic acids is 1. The Morgan fingerprint density at radius 2 is 1.90 bits per heavy atom. The molecule has 0 aromatic heterocycles. The van der Waals surface area contributed by atoms with Crippen LogP contribution in [0.25, 0.3) is 0 Å². The molecule has 108 valence electrons. The maximum atomic E-state index is 12.5. The zero-order valence-corrected chi connectivity index (χ0v) is 11.3. The SMILES string of the molecule is CN(C(=O)C1(N)CCOCC1)c1ccccc1C(=O)O. The van der Waals surface area contributed by atoms with E-state index in [9.17, 15) is 14.7 Å². The molecular formula is C14H18N2O4. The number of carbonyl (C=O) groups is 2. The van der Waals surface area contributed by atoms with Gasteiger partial charge in [0.05, 0.1) is 11.3 Å². The van der Waals surface area contributed by atoms with Gasteiger partial charge in [0, 0.05) is 20.3 Å². The van der Waals surface area contributed by atoms with E-state index in [0.29, 0.717) is 31.7 Å². The number of nitrogens with two attached hydrogens (primary N) is 1. The molecule has 0 unspecified atom stereocenters. The van der Waals surface area contributed by atoms with Gasteiger partial charge in [-0.2, -0.15) is 0 Å². The lowest BCUT2D eigenvalue weighted by Gasteiger charge is -2.35. The van der Waals surface area contributed by atoms with Crippen molar-refractivity contribution in [1.29, 1.82) is 0 Å². The number of nitrogens with zero attached hydrogens (tertiary/aromatic N) is 1. The number of benzene rings is 1. The maximum Gasteiger partial charge on any atom is 0.337 e. The van der Waals surface area contributed by atoms with Crippen LogP contribution in [-0.4, -0.2) is 42.8 Å². The third-order valence-electron chi connectivity index (χ3n) is 3.61. The van der Waals surface area contributed by atoms with Gasteiger partial charge >= 0.3 is 5.97 Å². The third-order valence-corrected chi connectivity index (χ3v) is 3.61. The second kappa shape index (κ2) is 5.60. The Hall–Kier alpha value is -1.92. The van der Waals surface area contributed by atoms with Crippen LogP contribution in [0.5, 0.6) is 0 Å². The molecule has 0 bridgehead atoms. The van der Waals surface area contributed by atoms with Crippen molar-refractivity contribution < 1.29 is 19.4 Å². The fourth-order valence-corrected chi connectivity index (χ4v) is 2.34. The van der Waals surface area contributed by atoms with Crippen LogP contribution in [-0.2, 0) is 9.53 Å². The summed E-state index contributed by atoms with van der Waals surface area (Å²) < 4.78 is 5.22. The predicted molar refractivity (Wildman–Crippen MR) is 73.8 cm³/mol. The fourth-order valence-electron chi connectivity index (χ4n) is 2.34. The van der Waals surface area contributed by atoms with Gasteiger partial charge < -0.3 is 20.5 Å². The number of carboxylic acid groups (broad SMARTS) is 1. The van der Waals surface area contributed by atoms with Gasteiger partial charge in [0.1, 0.15) is 5.54 Å². The van der Waals surface area contributed by atoms with E-state index in [2.05, 4.69) is 0 Å². The Balaban J connectivity index is 2.29. The van der Waals surface area contributed by atoms with Gasteiger partial charge in [-0.1, -0.05) is 12.1 Å². The van der Waals surface area contributed by atoms with Gasteiger partial charge in [0.25, 0.3) is 0 Å². The van der Waals surface area contributed by atoms with Crippen molar-refractivity contribution >= 4 is 17.6 Å². The molecule has 20 heavy (non-hydrogen) atoms. The first-order valence-electron chi connectivity index (χ1n) is 6.43. The van der Waals surface area contributed by atoms with Gasteiger partial charge in [0.2, 0.25) is 5.91 Å². The second-order valence-corrected chi connectivity index (χ2v) is 4.95. The first-order chi connectivity index (χ1) is 9.46. The smallest absolute Gasteiger partial charge is 0.337 e. The van der Waals surface area contributed by atoms with E-state index in [4.69, 9.17) is 10.5 Å². The van der Waals surface area contributed by atoms with E-state index in [0.717, 1.165) is 0 Å². The molecule has 0 saturated carbocycles. The topological polar surface area (TPSA) is 92.9 Å². The first-order valence-corrected chi connectivity index (χ1v) is 6.43. The van der Waals surface area contributed by atoms with E-state index in [1.54, 1.807) is 25.2 Å². The molecule has 1 amide bonds. The summed E-state index contributed by atoms with van der Waals surface area (Å²) in [6.45, 7) is 0.882. The number of carbonyl (C=O) groups excluding carboxylic acids is 1. The maximum absolute atomic E-state index is 12.5. The molecule has 1 fully saturated rings. The monoisotopic (exact) mass is 278 g/mol. The molecule has 1 aromatic carbocycles. The highest BCUT2D eigenvalue weighted by Gasteiger charge is 2.38. The fraction of sp³-hybridized carbons (Fsp3) is 0.429. The Morgan fingerprint density at radius 1 is 1.30 bits per heavy atom. The molecule has 1 aromatic rings. The van der Waals surface area contributed by atoms with Gasteiger partial charge in [-0.05, 0) is 25.0 Å². The molecule has 0 spiro atoms. The van der Waals surface area contributed by atoms with Gasteiger partial charge in [-0.15, -0.1) is 0 Å². The number of ether oxygens (including phenoxy) is 1. The van der Waals surface area contributed by atoms with Crippen LogP contribution in [0.1, 0.15) is 23.2 Å². The Bertz CT molecular complexity index is 524. The minimum Gasteiger partial charge on any atom is -0.478 e. The molecule has 0 aliphatic carbocycles. The highest BCUT2D eigenvalue weighted by molar-refractivity contribution is 6.05. The molecule has 0 radical (unpaired) electrons. The predicted octanol–water partition coefficient (Wildman–Crippen LogP) is 0.855. The molecule has 1 saturated heterocycles. The molecule has 0 atom stereocenters. The van der Waals surface area contributed by atoms with Crippen molar-refractivity contribution in [2.45, 2.75) is 18.4 Å². The molecule has 2 rings (SSSR count). The van der Waals surface area contributed by atoms with Crippen LogP contribution in [0.2, 0.25) is 0 Å². The van der Waals surface area contributed by atoms with Crippen LogP contribution in [0.15, 0.2) is 24.3 Å². The van der Waals surface area contributed by atoms with Crippen molar-refractivity contribution in [3.05, 3.63) is 29.8 Å². The Kier molecular flexibility index (Phi) is 4.06. The number of anilines is 1. The van der Waals surface area contributed by atoms with Crippen LogP contribution in [0.3, 0.4) is 0 Å². The third kappa shape index (κ3) is 2.66. The number of rotatable bonds is 3. The molecular weight excluding hydrogens is 260 g/mol. The summed E-state index contributed by atoms with van der Waals surface area (Å²) in [5.41, 5.74) is 5.59. The molecule has 1 aliphatic heterocycles. The van der Waals surface area contributed by atoms with Crippen molar-refractivity contribution in [2.75, 3.05) is 25.2 Å². The zero-order valence-electron chi connectivity index (χ0n) is 11.3. The second-order valence-electron chi connectivity index (χ2n) is 4.95. The number of aromatic carboxylic acids is 1. The number of amides is 1. The molecule has 6 heteroatoms. The number of likely N-dealkylation sites (N-methyl/N-ethyl adjacent to an activating group) is 1. The van der Waals surface area contributed by atoms with E-state index in [1.165, 1.54) is 11.0 Å². The molecule has 1 heterocycles. The quantitative estimate of drug-likeness (QED) is 0.855. The zero-order chi connectivity index (χ0) is 14.8. The first kappa shape index (κ1) is 14.5. The van der Waals surface area contributed by atoms with Crippen LogP contribution in [0.4, 0.5) is 5.69 Å². The highest BCUT2D eigenvalue weighted by atomic mass is 16.5. The minimum atomic E-state index is -1.07. The lowest BCUT2D eigenvalue weighted by Crippen LogP contribution is -2.57. The summed E-state index contributed by atoms with van der Waals surface area (Å²) in [5, 5.41) is 9.18. The van der Waals surface area contributed by atoms with Crippen LogP contribution < -0.4 is 10.6 Å². The van der Waals surface area contributed by atoms with E-state index >= 15 is 0 Å². The Morgan fingerprint density at radius 3 is 2.50 bits per heavy atom. The van der Waals surface area contributed by atoms with Crippen LogP contribution in [0, 0.1) is 0 Å². The standard InChI is InChI=1S/C14H18N2O4/c1-16(11-5-3-2-4-10(11)12(17)18)13(19)14(15)6-8-20-9-7-14/h2-5H,6-9,15H2,1H3,(H,17,18).